The first-order valence-corrected chi connectivity index (χ1v) is 11.3. The number of rotatable bonds is 4. The molecule has 0 bridgehead atoms. The Balaban J connectivity index is 1.35. The molecule has 178 valence electrons. The van der Waals surface area contributed by atoms with Gasteiger partial charge in [-0.1, -0.05) is 23.7 Å². The Bertz CT molecular complexity index is 1290. The largest absolute Gasteiger partial charge is 0.491 e. The van der Waals surface area contributed by atoms with Gasteiger partial charge in [0, 0.05) is 12.1 Å². The molecule has 1 aromatic carbocycles. The molecule has 34 heavy (non-hydrogen) atoms. The Morgan fingerprint density at radius 2 is 2.06 bits per heavy atom. The summed E-state index contributed by atoms with van der Waals surface area (Å²) in [5.74, 6) is 0.211. The minimum Gasteiger partial charge on any atom is -0.491 e. The van der Waals surface area contributed by atoms with E-state index in [1.165, 1.54) is 4.90 Å². The minimum absolute atomic E-state index is 0.0912. The van der Waals surface area contributed by atoms with E-state index in [0.717, 1.165) is 22.6 Å². The molecule has 3 aromatic rings. The quantitative estimate of drug-likeness (QED) is 0.605. The number of para-hydroxylation sites is 1. The van der Waals surface area contributed by atoms with E-state index in [1.54, 1.807) is 33.7 Å². The van der Waals surface area contributed by atoms with Crippen LogP contribution in [-0.4, -0.2) is 73.9 Å². The van der Waals surface area contributed by atoms with Crippen LogP contribution in [0.4, 0.5) is 4.79 Å². The molecule has 2 aliphatic heterocycles. The highest BCUT2D eigenvalue weighted by Crippen LogP contribution is 2.31. The topological polar surface area (TPSA) is 110 Å². The number of ether oxygens (including phenoxy) is 2. The van der Waals surface area contributed by atoms with Gasteiger partial charge in [-0.3, -0.25) is 9.69 Å². The van der Waals surface area contributed by atoms with Gasteiger partial charge in [-0.25, -0.2) is 14.3 Å². The summed E-state index contributed by atoms with van der Waals surface area (Å²) in [5.41, 5.74) is 4.36. The Morgan fingerprint density at radius 3 is 2.85 bits per heavy atom. The van der Waals surface area contributed by atoms with Crippen LogP contribution in [-0.2, 0) is 17.8 Å². The number of morpholine rings is 1. The molecule has 2 aliphatic rings. The van der Waals surface area contributed by atoms with Gasteiger partial charge in [0.15, 0.2) is 5.65 Å². The summed E-state index contributed by atoms with van der Waals surface area (Å²) in [7, 11) is 0. The summed E-state index contributed by atoms with van der Waals surface area (Å²) in [6.07, 6.45) is -1.01. The van der Waals surface area contributed by atoms with Gasteiger partial charge in [-0.15, -0.1) is 0 Å². The van der Waals surface area contributed by atoms with Gasteiger partial charge in [-0.05, 0) is 26.0 Å². The first-order valence-electron chi connectivity index (χ1n) is 11.0. The van der Waals surface area contributed by atoms with E-state index < -0.39 is 12.1 Å². The van der Waals surface area contributed by atoms with Crippen LogP contribution >= 0.6 is 11.6 Å². The van der Waals surface area contributed by atoms with Gasteiger partial charge in [0.1, 0.15) is 12.4 Å². The minimum atomic E-state index is -1.01. The van der Waals surface area contributed by atoms with Crippen molar-refractivity contribution in [1.82, 2.24) is 24.4 Å². The second kappa shape index (κ2) is 8.77. The lowest BCUT2D eigenvalue weighted by molar-refractivity contribution is -0.0149. The van der Waals surface area contributed by atoms with E-state index in [0.29, 0.717) is 41.7 Å². The first kappa shape index (κ1) is 22.4. The number of hydrogen-bond donors (Lipinski definition) is 1. The monoisotopic (exact) mass is 485 g/mol. The number of benzene rings is 1. The lowest BCUT2D eigenvalue weighted by Crippen LogP contribution is -2.50. The molecule has 1 fully saturated rings. The number of nitrogens with zero attached hydrogens (tertiary/aromatic N) is 5. The zero-order valence-corrected chi connectivity index (χ0v) is 19.6. The predicted octanol–water partition coefficient (Wildman–Crippen LogP) is 2.91. The molecule has 0 radical (unpaired) electrons. The fourth-order valence-electron chi connectivity index (χ4n) is 4.43. The number of aryl methyl sites for hydroxylation is 2. The molecule has 2 amide bonds. The maximum absolute atomic E-state index is 13.4. The molecule has 5 rings (SSSR count). The summed E-state index contributed by atoms with van der Waals surface area (Å²) in [4.78, 5) is 32.5. The van der Waals surface area contributed by atoms with Crippen LogP contribution in [0.25, 0.3) is 5.65 Å². The van der Waals surface area contributed by atoms with Crippen LogP contribution in [0.2, 0.25) is 5.02 Å². The van der Waals surface area contributed by atoms with Gasteiger partial charge in [-0.2, -0.15) is 5.10 Å². The van der Waals surface area contributed by atoms with Crippen LogP contribution < -0.4 is 4.74 Å². The van der Waals surface area contributed by atoms with Gasteiger partial charge in [0.25, 0.3) is 5.91 Å². The van der Waals surface area contributed by atoms with Crippen molar-refractivity contribution in [3.63, 3.8) is 0 Å². The molecule has 2 aromatic heterocycles. The van der Waals surface area contributed by atoms with Gasteiger partial charge < -0.3 is 19.5 Å². The van der Waals surface area contributed by atoms with Crippen LogP contribution in [0.3, 0.4) is 0 Å². The molecule has 1 saturated heterocycles. The number of carbonyl (C=O) groups is 2. The Kier molecular flexibility index (Phi) is 5.78. The van der Waals surface area contributed by atoms with Crippen LogP contribution in [0.1, 0.15) is 33.0 Å². The van der Waals surface area contributed by atoms with Crippen molar-refractivity contribution in [3.05, 3.63) is 57.5 Å². The summed E-state index contributed by atoms with van der Waals surface area (Å²) in [5, 5.41) is 14.6. The molecule has 11 heteroatoms. The molecule has 10 nitrogen and oxygen atoms in total. The Hall–Kier alpha value is -3.37. The van der Waals surface area contributed by atoms with Crippen molar-refractivity contribution in [1.29, 1.82) is 0 Å². The first-order chi connectivity index (χ1) is 16.3. The lowest BCUT2D eigenvalue weighted by Gasteiger charge is -2.33. The molecule has 0 saturated carbocycles. The number of carboxylic acid groups (broad SMARTS) is 1. The van der Waals surface area contributed by atoms with Crippen LogP contribution in [0.5, 0.6) is 5.75 Å². The Morgan fingerprint density at radius 1 is 1.26 bits per heavy atom. The lowest BCUT2D eigenvalue weighted by atomic mass is 10.1. The molecule has 1 atom stereocenters. The normalized spacial score (nSPS) is 17.8. The van der Waals surface area contributed by atoms with Gasteiger partial charge in [0.2, 0.25) is 0 Å². The zero-order chi connectivity index (χ0) is 24.0. The standard InChI is InChI=1S/C23H24ClN5O5/c1-13-20(24)14(2)29-21(25-13)17-9-27(10-18(17)26-29)22(30)16-5-3-4-6-19(16)34-12-15-11-33-8-7-28(15)23(31)32/h3-6,15H,7-12H2,1-2H3,(H,31,32). The summed E-state index contributed by atoms with van der Waals surface area (Å²) in [6.45, 7) is 5.46. The second-order valence-corrected chi connectivity index (χ2v) is 8.81. The van der Waals surface area contributed by atoms with E-state index in [9.17, 15) is 14.7 Å². The van der Waals surface area contributed by atoms with Gasteiger partial charge in [0.05, 0.1) is 60.0 Å². The van der Waals surface area contributed by atoms with Crippen LogP contribution in [0, 0.1) is 13.8 Å². The maximum Gasteiger partial charge on any atom is 0.407 e. The van der Waals surface area contributed by atoms with E-state index >= 15 is 0 Å². The van der Waals surface area contributed by atoms with Crippen molar-refractivity contribution in [2.75, 3.05) is 26.4 Å². The number of fused-ring (bicyclic) bond motifs is 3. The van der Waals surface area contributed by atoms with E-state index in [4.69, 9.17) is 21.1 Å². The van der Waals surface area contributed by atoms with E-state index in [2.05, 4.69) is 10.1 Å². The Labute approximate surface area is 200 Å². The van der Waals surface area contributed by atoms with Crippen molar-refractivity contribution < 1.29 is 24.2 Å². The highest BCUT2D eigenvalue weighted by atomic mass is 35.5. The highest BCUT2D eigenvalue weighted by Gasteiger charge is 2.32. The summed E-state index contributed by atoms with van der Waals surface area (Å²) >= 11 is 6.32. The second-order valence-electron chi connectivity index (χ2n) is 8.43. The molecule has 1 unspecified atom stereocenters. The summed E-state index contributed by atoms with van der Waals surface area (Å²) in [6, 6.07) is 6.53. The predicted molar refractivity (Wildman–Crippen MR) is 122 cm³/mol. The van der Waals surface area contributed by atoms with Crippen molar-refractivity contribution in [2.24, 2.45) is 0 Å². The van der Waals surface area contributed by atoms with Crippen molar-refractivity contribution in [3.8, 4) is 5.75 Å². The smallest absolute Gasteiger partial charge is 0.407 e. The number of halogens is 1. The number of carbonyl (C=O) groups excluding carboxylic acids is 1. The fourth-order valence-corrected chi connectivity index (χ4v) is 4.55. The average Bonchev–Trinajstić information content (AvgIpc) is 3.40. The zero-order valence-electron chi connectivity index (χ0n) is 18.8. The molecule has 4 heterocycles. The molecular weight excluding hydrogens is 462 g/mol. The molecule has 0 spiro atoms. The van der Waals surface area contributed by atoms with Crippen LogP contribution in [0.15, 0.2) is 24.3 Å². The van der Waals surface area contributed by atoms with E-state index in [-0.39, 0.29) is 25.7 Å². The molecule has 0 aliphatic carbocycles. The third-order valence-electron chi connectivity index (χ3n) is 6.26. The maximum atomic E-state index is 13.4. The number of aromatic nitrogens is 3. The number of hydrogen-bond acceptors (Lipinski definition) is 6. The number of amides is 2. The van der Waals surface area contributed by atoms with E-state index in [1.807, 2.05) is 13.8 Å². The average molecular weight is 486 g/mol. The highest BCUT2D eigenvalue weighted by molar-refractivity contribution is 6.31. The van der Waals surface area contributed by atoms with Crippen molar-refractivity contribution in [2.45, 2.75) is 33.0 Å². The third-order valence-corrected chi connectivity index (χ3v) is 6.81. The van der Waals surface area contributed by atoms with Gasteiger partial charge >= 0.3 is 6.09 Å². The molecule has 1 N–H and O–H groups in total. The fraction of sp³-hybridized carbons (Fsp3) is 0.391. The SMILES string of the molecule is Cc1nc2c3c(nn2c(C)c1Cl)CN(C(=O)c1ccccc1OCC1COCCN1C(=O)O)C3. The summed E-state index contributed by atoms with van der Waals surface area (Å²) < 4.78 is 13.1. The van der Waals surface area contributed by atoms with Crippen molar-refractivity contribution >= 4 is 29.2 Å². The molecular formula is C23H24ClN5O5. The third kappa shape index (κ3) is 3.82.